The second-order valence-electron chi connectivity index (χ2n) is 22.7. The maximum absolute atomic E-state index is 4.56. The Labute approximate surface area is 490 Å². The number of benzene rings is 6. The first-order valence-electron chi connectivity index (χ1n) is 28.8. The highest BCUT2D eigenvalue weighted by Gasteiger charge is 2.15. The zero-order chi connectivity index (χ0) is 59.0. The number of hydrogen-bond acceptors (Lipinski definition) is 1. The summed E-state index contributed by atoms with van der Waals surface area (Å²) in [5.74, 6) is 1.00. The van der Waals surface area contributed by atoms with Crippen LogP contribution in [0.15, 0.2) is 189 Å². The molecule has 0 fully saturated rings. The van der Waals surface area contributed by atoms with Gasteiger partial charge in [0.05, 0.1) is 27.6 Å². The van der Waals surface area contributed by atoms with E-state index in [4.69, 9.17) is 0 Å². The van der Waals surface area contributed by atoms with Gasteiger partial charge >= 0.3 is 0 Å². The van der Waals surface area contributed by atoms with Crippen LogP contribution in [0.5, 0.6) is 0 Å². The third kappa shape index (κ3) is 9.13. The molecular formula is C72H76N12. The van der Waals surface area contributed by atoms with Crippen LogP contribution in [0, 0.1) is 48.5 Å². The van der Waals surface area contributed by atoms with Gasteiger partial charge in [-0.25, -0.2) is 4.98 Å². The summed E-state index contributed by atoms with van der Waals surface area (Å²) in [5, 5.41) is 10.7. The third-order valence-electron chi connectivity index (χ3n) is 18.0. The second kappa shape index (κ2) is 21.5. The highest BCUT2D eigenvalue weighted by molar-refractivity contribution is 6.10. The molecule has 0 atom stereocenters. The molecule has 0 spiro atoms. The molecule has 0 bridgehead atoms. The van der Waals surface area contributed by atoms with Crippen molar-refractivity contribution in [1.82, 2.24) is 54.7 Å². The molecule has 84 heavy (non-hydrogen) atoms. The molecule has 0 saturated heterocycles. The summed E-state index contributed by atoms with van der Waals surface area (Å²) in [6.07, 6.45) is 13.0. The van der Waals surface area contributed by atoms with Gasteiger partial charge in [0, 0.05) is 187 Å². The van der Waals surface area contributed by atoms with E-state index in [1.54, 1.807) is 0 Å². The Bertz CT molecular complexity index is 5110. The minimum atomic E-state index is 1.00. The molecule has 11 heterocycles. The molecule has 12 heteroatoms. The number of fused-ring (bicyclic) bond motifs is 16. The topological polar surface area (TPSA) is 65.6 Å². The van der Waals surface area contributed by atoms with Crippen molar-refractivity contribution in [2.75, 3.05) is 0 Å². The number of hydrogen-bond donors (Lipinski definition) is 0. The summed E-state index contributed by atoms with van der Waals surface area (Å²) in [4.78, 5) is 4.56. The van der Waals surface area contributed by atoms with Gasteiger partial charge in [-0.15, -0.1) is 0 Å². The molecule has 6 aromatic carbocycles. The Balaban J connectivity index is 0.0000000993. The minimum absolute atomic E-state index is 1.00. The average molecular weight is 1110 g/mol. The SMILES string of the molecule is Cc1c(C)n(C)c2ccccc12.Cc1c2c(cn1C)c1ccccc1n2C.Cc1c2c3ccccc3n(C)c2cn1C.Cc1cn2c3ccccc3cc2n1C.Cc1cn2c3ccccc3nc2n1C.Cc1cn2cc3ccccc3c2n1C. The Kier molecular flexibility index (Phi) is 14.0. The van der Waals surface area contributed by atoms with E-state index < -0.39 is 0 Å². The van der Waals surface area contributed by atoms with Crippen LogP contribution in [0.2, 0.25) is 0 Å². The first-order chi connectivity index (χ1) is 40.4. The normalized spacial score (nSPS) is 11.5. The summed E-state index contributed by atoms with van der Waals surface area (Å²) < 4.78 is 24.3. The van der Waals surface area contributed by atoms with E-state index in [0.717, 1.165) is 11.3 Å². The van der Waals surface area contributed by atoms with Gasteiger partial charge in [-0.1, -0.05) is 109 Å². The van der Waals surface area contributed by atoms with E-state index in [-0.39, 0.29) is 0 Å². The van der Waals surface area contributed by atoms with E-state index in [9.17, 15) is 0 Å². The molecule has 12 nitrogen and oxygen atoms in total. The zero-order valence-corrected chi connectivity index (χ0v) is 51.3. The fourth-order valence-corrected chi connectivity index (χ4v) is 12.5. The Hall–Kier alpha value is -9.81. The monoisotopic (exact) mass is 1110 g/mol. The van der Waals surface area contributed by atoms with Crippen LogP contribution in [-0.2, 0) is 56.4 Å². The lowest BCUT2D eigenvalue weighted by Gasteiger charge is -2.00. The molecule has 0 aliphatic rings. The second-order valence-corrected chi connectivity index (χ2v) is 22.7. The molecule has 0 aliphatic heterocycles. The maximum Gasteiger partial charge on any atom is 0.214 e. The van der Waals surface area contributed by atoms with Gasteiger partial charge in [0.25, 0.3) is 0 Å². The van der Waals surface area contributed by atoms with Crippen LogP contribution in [0.1, 0.15) is 39.7 Å². The molecule has 0 radical (unpaired) electrons. The number of para-hydroxylation sites is 6. The highest BCUT2D eigenvalue weighted by Crippen LogP contribution is 2.33. The van der Waals surface area contributed by atoms with Gasteiger partial charge in [0.15, 0.2) is 0 Å². The van der Waals surface area contributed by atoms with Crippen molar-refractivity contribution in [3.8, 4) is 0 Å². The van der Waals surface area contributed by atoms with E-state index >= 15 is 0 Å². The standard InChI is InChI=1S/2C13H14N2.2C12H12N2.C11H11N3.C11H13N/c1-9-13-11(8-14(9)2)10-6-4-5-7-12(10)15(13)3;1-9-13-10-6-4-5-7-11(10)15(3)12(13)8-14(9)2;1-9-8-14-11-6-4-3-5-10(11)7-12(14)13(9)2;1-9-7-14-8-10-5-3-4-6-11(10)12(14)13(9)2;1-8-7-14-10-6-4-3-5-9(10)12-11(14)13(8)2;1-8-9(2)12(3)11-7-5-4-6-10(8)11/h2*4-8H,1-3H3;2*3-8H,1-2H3;3-7H,1-2H3;4-7H,1-3H3. The van der Waals surface area contributed by atoms with Crippen molar-refractivity contribution in [3.05, 3.63) is 229 Å². The van der Waals surface area contributed by atoms with Gasteiger partial charge in [0.2, 0.25) is 5.78 Å². The highest BCUT2D eigenvalue weighted by atomic mass is 15.2. The van der Waals surface area contributed by atoms with E-state index in [1.165, 1.54) is 133 Å². The van der Waals surface area contributed by atoms with Gasteiger partial charge < -0.3 is 45.3 Å². The number of aryl methyl sites for hydroxylation is 14. The predicted molar refractivity (Wildman–Crippen MR) is 354 cm³/mol. The van der Waals surface area contributed by atoms with Crippen LogP contribution in [0.25, 0.3) is 104 Å². The average Bonchev–Trinajstić information content (AvgIpc) is 4.14. The van der Waals surface area contributed by atoms with Crippen molar-refractivity contribution in [2.45, 2.75) is 48.5 Å². The number of aromatic nitrogens is 12. The van der Waals surface area contributed by atoms with Gasteiger partial charge in [-0.3, -0.25) is 4.40 Å². The van der Waals surface area contributed by atoms with Crippen molar-refractivity contribution < 1.29 is 0 Å². The van der Waals surface area contributed by atoms with E-state index in [2.05, 4.69) is 323 Å². The van der Waals surface area contributed by atoms with Crippen LogP contribution < -0.4 is 0 Å². The number of nitrogens with zero attached hydrogens (tertiary/aromatic N) is 12. The van der Waals surface area contributed by atoms with Crippen LogP contribution in [0.3, 0.4) is 0 Å². The van der Waals surface area contributed by atoms with Gasteiger partial charge in [0.1, 0.15) is 11.3 Å². The van der Waals surface area contributed by atoms with Crippen LogP contribution in [-0.4, -0.2) is 54.7 Å². The fraction of sp³-hybridized carbons (Fsp3) is 0.208. The molecule has 17 aromatic rings. The van der Waals surface area contributed by atoms with Crippen LogP contribution >= 0.6 is 0 Å². The van der Waals surface area contributed by atoms with Crippen molar-refractivity contribution in [1.29, 1.82) is 0 Å². The van der Waals surface area contributed by atoms with E-state index in [1.807, 2.05) is 25.2 Å². The maximum atomic E-state index is 4.56. The molecule has 0 saturated carbocycles. The number of imidazole rings is 4. The minimum Gasteiger partial charge on any atom is -0.352 e. The predicted octanol–water partition coefficient (Wildman–Crippen LogP) is 16.4. The third-order valence-corrected chi connectivity index (χ3v) is 18.0. The van der Waals surface area contributed by atoms with Gasteiger partial charge in [-0.2, -0.15) is 0 Å². The summed E-state index contributed by atoms with van der Waals surface area (Å²) in [6, 6.07) is 53.0. The lowest BCUT2D eigenvalue weighted by molar-refractivity contribution is 0.877. The summed E-state index contributed by atoms with van der Waals surface area (Å²) in [5.41, 5.74) is 21.8. The number of rotatable bonds is 0. The van der Waals surface area contributed by atoms with Crippen molar-refractivity contribution in [3.63, 3.8) is 0 Å². The molecule has 17 rings (SSSR count). The Morgan fingerprint density at radius 3 is 1.55 bits per heavy atom. The largest absolute Gasteiger partial charge is 0.352 e. The molecule has 0 N–H and O–H groups in total. The lowest BCUT2D eigenvalue weighted by atomic mass is 10.2. The van der Waals surface area contributed by atoms with Crippen LogP contribution in [0.4, 0.5) is 0 Å². The summed E-state index contributed by atoms with van der Waals surface area (Å²) in [7, 11) is 16.8. The van der Waals surface area contributed by atoms with Crippen molar-refractivity contribution >= 4 is 104 Å². The van der Waals surface area contributed by atoms with E-state index in [0.29, 0.717) is 0 Å². The molecule has 11 aromatic heterocycles. The molecule has 0 unspecified atom stereocenters. The van der Waals surface area contributed by atoms with Crippen molar-refractivity contribution in [2.24, 2.45) is 56.4 Å². The zero-order valence-electron chi connectivity index (χ0n) is 51.3. The summed E-state index contributed by atoms with van der Waals surface area (Å²) >= 11 is 0. The summed E-state index contributed by atoms with van der Waals surface area (Å²) in [6.45, 7) is 15.0. The Morgan fingerprint density at radius 2 is 0.857 bits per heavy atom. The Morgan fingerprint density at radius 1 is 0.333 bits per heavy atom. The first-order valence-corrected chi connectivity index (χ1v) is 28.8. The molecule has 0 amide bonds. The fourth-order valence-electron chi connectivity index (χ4n) is 12.5. The quantitative estimate of drug-likeness (QED) is 0.149. The first kappa shape index (κ1) is 54.8. The lowest BCUT2D eigenvalue weighted by Crippen LogP contribution is -1.92. The molecular weight excluding hydrogens is 1030 g/mol. The smallest absolute Gasteiger partial charge is 0.214 e. The van der Waals surface area contributed by atoms with Gasteiger partial charge in [-0.05, 0) is 96.5 Å². The molecule has 0 aliphatic carbocycles. The molecule has 424 valence electrons.